The Labute approximate surface area is 111 Å². The summed E-state index contributed by atoms with van der Waals surface area (Å²) in [5.41, 5.74) is 0.393. The Balaban J connectivity index is 1.70. The minimum Gasteiger partial charge on any atom is -0.311 e. The number of rotatable bonds is 5. The van der Waals surface area contributed by atoms with Crippen LogP contribution >= 0.6 is 11.8 Å². The summed E-state index contributed by atoms with van der Waals surface area (Å²) in [5.74, 6) is 0.874. The molecule has 0 aliphatic carbocycles. The molecule has 0 aromatic heterocycles. The van der Waals surface area contributed by atoms with E-state index in [-0.39, 0.29) is 0 Å². The zero-order chi connectivity index (χ0) is 12.8. The number of benzene rings is 1. The molecule has 0 radical (unpaired) electrons. The number of halogens is 2. The van der Waals surface area contributed by atoms with Crippen molar-refractivity contribution in [2.24, 2.45) is 0 Å². The first-order valence-electron chi connectivity index (χ1n) is 6.21. The number of nitrogens with one attached hydrogen (secondary N) is 1. The van der Waals surface area contributed by atoms with E-state index in [4.69, 9.17) is 0 Å². The molecule has 5 heteroatoms. The Morgan fingerprint density at radius 2 is 2.00 bits per heavy atom. The lowest BCUT2D eigenvalue weighted by atomic mass is 10.2. The fourth-order valence-corrected chi connectivity index (χ4v) is 2.95. The summed E-state index contributed by atoms with van der Waals surface area (Å²) in [6.07, 6.45) is 0. The summed E-state index contributed by atoms with van der Waals surface area (Å²) in [7, 11) is 0. The van der Waals surface area contributed by atoms with Gasteiger partial charge in [-0.3, -0.25) is 0 Å². The minimum atomic E-state index is -0.776. The Kier molecular flexibility index (Phi) is 5.41. The average molecular weight is 272 g/mol. The molecule has 2 nitrogen and oxygen atoms in total. The molecule has 0 amide bonds. The van der Waals surface area contributed by atoms with Gasteiger partial charge >= 0.3 is 0 Å². The van der Waals surface area contributed by atoms with E-state index in [0.29, 0.717) is 12.1 Å². The molecule has 0 spiro atoms. The van der Waals surface area contributed by atoms with Crippen LogP contribution < -0.4 is 5.32 Å². The quantitative estimate of drug-likeness (QED) is 0.827. The van der Waals surface area contributed by atoms with Crippen molar-refractivity contribution in [3.63, 3.8) is 0 Å². The van der Waals surface area contributed by atoms with Crippen LogP contribution in [0.25, 0.3) is 0 Å². The smallest absolute Gasteiger partial charge is 0.163 e. The van der Waals surface area contributed by atoms with Crippen LogP contribution in [0.15, 0.2) is 18.2 Å². The van der Waals surface area contributed by atoms with Crippen LogP contribution in [0.2, 0.25) is 0 Å². The van der Waals surface area contributed by atoms with Crippen LogP contribution in [0.1, 0.15) is 5.56 Å². The van der Waals surface area contributed by atoms with Crippen molar-refractivity contribution in [2.45, 2.75) is 6.54 Å². The van der Waals surface area contributed by atoms with Gasteiger partial charge in [-0.2, -0.15) is 11.8 Å². The molecule has 2 rings (SSSR count). The third-order valence-corrected chi connectivity index (χ3v) is 4.00. The van der Waals surface area contributed by atoms with Gasteiger partial charge in [0.25, 0.3) is 0 Å². The van der Waals surface area contributed by atoms with E-state index in [1.165, 1.54) is 17.6 Å². The molecule has 0 saturated carbocycles. The second-order valence-corrected chi connectivity index (χ2v) is 5.57. The third kappa shape index (κ3) is 3.93. The Bertz CT molecular complexity index is 381. The van der Waals surface area contributed by atoms with Crippen LogP contribution in [-0.2, 0) is 6.54 Å². The Morgan fingerprint density at radius 1 is 1.22 bits per heavy atom. The van der Waals surface area contributed by atoms with Crippen LogP contribution in [0.4, 0.5) is 8.78 Å². The molecule has 0 atom stereocenters. The van der Waals surface area contributed by atoms with Gasteiger partial charge in [0.2, 0.25) is 0 Å². The maximum atomic E-state index is 13.4. The number of thioether (sulfide) groups is 1. The standard InChI is InChI=1S/C13H18F2N2S/c14-12-3-1-2-11(13(12)15)10-16-4-5-17-6-8-18-9-7-17/h1-3,16H,4-10H2. The first-order chi connectivity index (χ1) is 8.77. The van der Waals surface area contributed by atoms with Crippen molar-refractivity contribution < 1.29 is 8.78 Å². The van der Waals surface area contributed by atoms with E-state index < -0.39 is 11.6 Å². The van der Waals surface area contributed by atoms with Crippen molar-refractivity contribution in [1.82, 2.24) is 10.2 Å². The molecule has 1 saturated heterocycles. The van der Waals surface area contributed by atoms with Crippen molar-refractivity contribution in [1.29, 1.82) is 0 Å². The normalized spacial score (nSPS) is 17.0. The van der Waals surface area contributed by atoms with Crippen molar-refractivity contribution in [3.05, 3.63) is 35.4 Å². The fraction of sp³-hybridized carbons (Fsp3) is 0.538. The van der Waals surface area contributed by atoms with E-state index in [1.54, 1.807) is 6.07 Å². The molecule has 100 valence electrons. The lowest BCUT2D eigenvalue weighted by molar-refractivity contribution is 0.300. The number of nitrogens with zero attached hydrogens (tertiary/aromatic N) is 1. The zero-order valence-corrected chi connectivity index (χ0v) is 11.1. The molecule has 1 aliphatic rings. The zero-order valence-electron chi connectivity index (χ0n) is 10.3. The maximum absolute atomic E-state index is 13.4. The van der Waals surface area contributed by atoms with Gasteiger partial charge < -0.3 is 10.2 Å². The van der Waals surface area contributed by atoms with Gasteiger partial charge in [0, 0.05) is 49.8 Å². The monoisotopic (exact) mass is 272 g/mol. The predicted molar refractivity (Wildman–Crippen MR) is 71.8 cm³/mol. The molecule has 1 aromatic rings. The summed E-state index contributed by atoms with van der Waals surface area (Å²) in [4.78, 5) is 2.39. The highest BCUT2D eigenvalue weighted by Gasteiger charge is 2.10. The highest BCUT2D eigenvalue weighted by atomic mass is 32.2. The predicted octanol–water partition coefficient (Wildman–Crippen LogP) is 2.10. The lowest BCUT2D eigenvalue weighted by Gasteiger charge is -2.26. The first kappa shape index (κ1) is 13.8. The number of hydrogen-bond donors (Lipinski definition) is 1. The average Bonchev–Trinajstić information content (AvgIpc) is 2.40. The second-order valence-electron chi connectivity index (χ2n) is 4.34. The summed E-state index contributed by atoms with van der Waals surface area (Å²) in [6, 6.07) is 4.30. The van der Waals surface area contributed by atoms with E-state index in [2.05, 4.69) is 10.2 Å². The van der Waals surface area contributed by atoms with Crippen LogP contribution in [0.3, 0.4) is 0 Å². The van der Waals surface area contributed by atoms with E-state index in [0.717, 1.165) is 32.2 Å². The Hall–Kier alpha value is -0.650. The molecule has 1 fully saturated rings. The molecule has 1 aliphatic heterocycles. The summed E-state index contributed by atoms with van der Waals surface area (Å²) < 4.78 is 26.3. The van der Waals surface area contributed by atoms with Gasteiger partial charge in [-0.05, 0) is 6.07 Å². The van der Waals surface area contributed by atoms with Crippen LogP contribution in [0.5, 0.6) is 0 Å². The van der Waals surface area contributed by atoms with E-state index in [9.17, 15) is 8.78 Å². The van der Waals surface area contributed by atoms with Gasteiger partial charge in [-0.15, -0.1) is 0 Å². The van der Waals surface area contributed by atoms with Crippen LogP contribution in [-0.4, -0.2) is 42.6 Å². The van der Waals surface area contributed by atoms with Gasteiger partial charge in [0.15, 0.2) is 11.6 Å². The van der Waals surface area contributed by atoms with Gasteiger partial charge in [0.1, 0.15) is 0 Å². The van der Waals surface area contributed by atoms with Gasteiger partial charge in [-0.1, -0.05) is 12.1 Å². The first-order valence-corrected chi connectivity index (χ1v) is 7.36. The summed E-state index contributed by atoms with van der Waals surface area (Å²) in [6.45, 7) is 4.41. The van der Waals surface area contributed by atoms with Crippen LogP contribution in [0, 0.1) is 11.6 Å². The van der Waals surface area contributed by atoms with Gasteiger partial charge in [-0.25, -0.2) is 8.78 Å². The SMILES string of the molecule is Fc1cccc(CNCCN2CCSCC2)c1F. The van der Waals surface area contributed by atoms with Crippen molar-refractivity contribution >= 4 is 11.8 Å². The molecule has 1 N–H and O–H groups in total. The molecular weight excluding hydrogens is 254 g/mol. The second kappa shape index (κ2) is 7.07. The summed E-state index contributed by atoms with van der Waals surface area (Å²) >= 11 is 1.98. The lowest BCUT2D eigenvalue weighted by Crippen LogP contribution is -2.37. The molecule has 1 heterocycles. The third-order valence-electron chi connectivity index (χ3n) is 3.06. The molecule has 1 aromatic carbocycles. The van der Waals surface area contributed by atoms with Gasteiger partial charge in [0.05, 0.1) is 0 Å². The fourth-order valence-electron chi connectivity index (χ4n) is 1.97. The van der Waals surface area contributed by atoms with E-state index in [1.807, 2.05) is 11.8 Å². The molecule has 18 heavy (non-hydrogen) atoms. The van der Waals surface area contributed by atoms with Crippen molar-refractivity contribution in [3.8, 4) is 0 Å². The highest BCUT2D eigenvalue weighted by molar-refractivity contribution is 7.99. The Morgan fingerprint density at radius 3 is 2.78 bits per heavy atom. The molecule has 0 bridgehead atoms. The molecule has 0 unspecified atom stereocenters. The topological polar surface area (TPSA) is 15.3 Å². The van der Waals surface area contributed by atoms with E-state index >= 15 is 0 Å². The maximum Gasteiger partial charge on any atom is 0.163 e. The summed E-state index contributed by atoms with van der Waals surface area (Å²) in [5, 5.41) is 3.16. The number of hydrogen-bond acceptors (Lipinski definition) is 3. The highest BCUT2D eigenvalue weighted by Crippen LogP contribution is 2.11. The largest absolute Gasteiger partial charge is 0.311 e. The van der Waals surface area contributed by atoms with Crippen molar-refractivity contribution in [2.75, 3.05) is 37.7 Å². The molecular formula is C13H18F2N2S. The minimum absolute atomic E-state index is 0.381.